The molecule has 0 spiro atoms. The molecule has 1 N–H and O–H groups in total. The van der Waals surface area contributed by atoms with Gasteiger partial charge in [-0.1, -0.05) is 23.0 Å². The number of thiophene rings is 1. The molecule has 0 saturated carbocycles. The normalized spacial score (nSPS) is 11.1. The first-order valence-corrected chi connectivity index (χ1v) is 8.33. The summed E-state index contributed by atoms with van der Waals surface area (Å²) < 4.78 is 10.5. The summed E-state index contributed by atoms with van der Waals surface area (Å²) in [7, 11) is 0. The lowest BCUT2D eigenvalue weighted by molar-refractivity contribution is 0.413. The third-order valence-corrected chi connectivity index (χ3v) is 4.65. The van der Waals surface area contributed by atoms with E-state index in [2.05, 4.69) is 20.3 Å². The molecule has 4 aromatic heterocycles. The van der Waals surface area contributed by atoms with E-state index in [1.807, 2.05) is 35.7 Å². The Morgan fingerprint density at radius 3 is 3.05 bits per heavy atom. The van der Waals surface area contributed by atoms with Crippen LogP contribution in [0.5, 0.6) is 0 Å². The van der Waals surface area contributed by atoms with Crippen LogP contribution in [-0.4, -0.2) is 20.3 Å². The minimum Gasteiger partial charge on any atom is -0.461 e. The number of aromatic nitrogens is 4. The molecule has 4 rings (SSSR count). The van der Waals surface area contributed by atoms with Gasteiger partial charge in [-0.15, -0.1) is 16.4 Å². The van der Waals surface area contributed by atoms with Gasteiger partial charge in [0.15, 0.2) is 11.6 Å². The lowest BCUT2D eigenvalue weighted by Gasteiger charge is -1.90. The van der Waals surface area contributed by atoms with Gasteiger partial charge in [0.05, 0.1) is 16.8 Å². The highest BCUT2D eigenvalue weighted by Crippen LogP contribution is 2.26. The average Bonchev–Trinajstić information content (AvgIpc) is 3.33. The number of furan rings is 1. The van der Waals surface area contributed by atoms with Gasteiger partial charge in [-0.25, -0.2) is 4.98 Å². The van der Waals surface area contributed by atoms with Crippen molar-refractivity contribution in [1.29, 1.82) is 0 Å². The quantitative estimate of drug-likeness (QED) is 0.555. The molecule has 4 aromatic rings. The van der Waals surface area contributed by atoms with E-state index in [-0.39, 0.29) is 0 Å². The van der Waals surface area contributed by atoms with Crippen LogP contribution in [0.2, 0.25) is 0 Å². The van der Waals surface area contributed by atoms with E-state index in [9.17, 15) is 0 Å². The minimum absolute atomic E-state index is 0.620. The van der Waals surface area contributed by atoms with Crippen molar-refractivity contribution in [2.45, 2.75) is 10.9 Å². The smallest absolute Gasteiger partial charge is 0.209 e. The summed E-state index contributed by atoms with van der Waals surface area (Å²) in [6.07, 6.45) is 1.60. The topological polar surface area (TPSA) is 80.7 Å². The van der Waals surface area contributed by atoms with Crippen LogP contribution in [0.15, 0.2) is 56.1 Å². The molecule has 0 aromatic carbocycles. The van der Waals surface area contributed by atoms with E-state index in [4.69, 9.17) is 8.94 Å². The lowest BCUT2D eigenvalue weighted by atomic mass is 10.3. The summed E-state index contributed by atoms with van der Waals surface area (Å²) in [5, 5.41) is 13.9. The number of hydrogen-bond acceptors (Lipinski definition) is 7. The van der Waals surface area contributed by atoms with Crippen LogP contribution in [0.4, 0.5) is 0 Å². The predicted molar refractivity (Wildman–Crippen MR) is 83.5 cm³/mol. The average molecular weight is 330 g/mol. The van der Waals surface area contributed by atoms with Crippen LogP contribution in [0, 0.1) is 0 Å². The molecule has 0 radical (unpaired) electrons. The molecule has 0 fully saturated rings. The van der Waals surface area contributed by atoms with Gasteiger partial charge in [0.2, 0.25) is 10.9 Å². The largest absolute Gasteiger partial charge is 0.461 e. The zero-order chi connectivity index (χ0) is 14.8. The van der Waals surface area contributed by atoms with Gasteiger partial charge in [0.1, 0.15) is 0 Å². The highest BCUT2D eigenvalue weighted by Gasteiger charge is 2.11. The number of nitrogens with zero attached hydrogens (tertiary/aromatic N) is 3. The van der Waals surface area contributed by atoms with Crippen molar-refractivity contribution >= 4 is 23.1 Å². The molecule has 0 aliphatic carbocycles. The summed E-state index contributed by atoms with van der Waals surface area (Å²) in [6, 6.07) is 9.50. The van der Waals surface area contributed by atoms with E-state index in [0.717, 1.165) is 16.4 Å². The number of aromatic amines is 1. The molecular weight excluding hydrogens is 320 g/mol. The fourth-order valence-corrected chi connectivity index (χ4v) is 3.23. The maximum atomic E-state index is 5.27. The van der Waals surface area contributed by atoms with Crippen LogP contribution in [0.3, 0.4) is 0 Å². The number of hydrogen-bond donors (Lipinski definition) is 1. The first-order chi connectivity index (χ1) is 10.9. The first kappa shape index (κ1) is 13.4. The molecule has 4 heterocycles. The molecule has 0 saturated heterocycles. The van der Waals surface area contributed by atoms with Gasteiger partial charge < -0.3 is 8.94 Å². The molecule has 22 heavy (non-hydrogen) atoms. The van der Waals surface area contributed by atoms with Crippen molar-refractivity contribution < 1.29 is 8.94 Å². The Hall–Kier alpha value is -2.32. The van der Waals surface area contributed by atoms with Gasteiger partial charge in [0, 0.05) is 11.8 Å². The van der Waals surface area contributed by atoms with Crippen molar-refractivity contribution in [3.8, 4) is 22.2 Å². The second-order valence-corrected chi connectivity index (χ2v) is 6.28. The van der Waals surface area contributed by atoms with Crippen molar-refractivity contribution in [3.63, 3.8) is 0 Å². The molecule has 8 heteroatoms. The molecular formula is C14H10N4O2S2. The van der Waals surface area contributed by atoms with E-state index in [1.165, 1.54) is 11.8 Å². The summed E-state index contributed by atoms with van der Waals surface area (Å²) in [5.74, 6) is 2.71. The van der Waals surface area contributed by atoms with Crippen molar-refractivity contribution in [3.05, 3.63) is 47.7 Å². The van der Waals surface area contributed by atoms with Gasteiger partial charge in [-0.05, 0) is 23.6 Å². The Labute approximate surface area is 133 Å². The van der Waals surface area contributed by atoms with Crippen LogP contribution in [0.1, 0.15) is 5.69 Å². The maximum absolute atomic E-state index is 5.27. The fraction of sp³-hybridized carbons (Fsp3) is 0.0714. The minimum atomic E-state index is 0.620. The van der Waals surface area contributed by atoms with Crippen molar-refractivity contribution in [2.75, 3.05) is 0 Å². The number of rotatable bonds is 5. The predicted octanol–water partition coefficient (Wildman–Crippen LogP) is 4.07. The number of nitrogens with one attached hydrogen (secondary N) is 1. The van der Waals surface area contributed by atoms with Crippen LogP contribution in [-0.2, 0) is 5.75 Å². The van der Waals surface area contributed by atoms with Crippen molar-refractivity contribution in [1.82, 2.24) is 20.3 Å². The summed E-state index contributed by atoms with van der Waals surface area (Å²) in [5.41, 5.74) is 0.818. The summed E-state index contributed by atoms with van der Waals surface area (Å²) in [4.78, 5) is 5.52. The fourth-order valence-electron chi connectivity index (χ4n) is 1.89. The van der Waals surface area contributed by atoms with E-state index in [1.54, 1.807) is 17.6 Å². The van der Waals surface area contributed by atoms with Crippen LogP contribution >= 0.6 is 23.1 Å². The van der Waals surface area contributed by atoms with Crippen LogP contribution < -0.4 is 0 Å². The van der Waals surface area contributed by atoms with Crippen LogP contribution in [0.25, 0.3) is 22.2 Å². The first-order valence-electron chi connectivity index (χ1n) is 6.47. The van der Waals surface area contributed by atoms with Gasteiger partial charge >= 0.3 is 0 Å². The summed E-state index contributed by atoms with van der Waals surface area (Å²) >= 11 is 3.13. The Morgan fingerprint density at radius 2 is 2.23 bits per heavy atom. The van der Waals surface area contributed by atoms with E-state index >= 15 is 0 Å². The molecule has 110 valence electrons. The molecule has 0 aliphatic rings. The van der Waals surface area contributed by atoms with Gasteiger partial charge in [-0.2, -0.15) is 0 Å². The molecule has 0 aliphatic heterocycles. The van der Waals surface area contributed by atoms with Gasteiger partial charge in [0.25, 0.3) is 0 Å². The Balaban J connectivity index is 1.43. The third-order valence-electron chi connectivity index (χ3n) is 2.89. The highest BCUT2D eigenvalue weighted by atomic mass is 32.2. The second-order valence-electron chi connectivity index (χ2n) is 4.39. The zero-order valence-corrected chi connectivity index (χ0v) is 12.9. The molecule has 6 nitrogen and oxygen atoms in total. The zero-order valence-electron chi connectivity index (χ0n) is 11.2. The maximum Gasteiger partial charge on any atom is 0.209 e. The summed E-state index contributed by atoms with van der Waals surface area (Å²) in [6.45, 7) is 0. The monoisotopic (exact) mass is 330 g/mol. The number of thioether (sulfide) groups is 1. The molecule has 0 unspecified atom stereocenters. The Kier molecular flexibility index (Phi) is 3.53. The number of H-pyrrole nitrogens is 1. The Bertz CT molecular complexity index is 777. The SMILES string of the molecule is c1coc(-c2cc(CSc3n[nH]c(-c4cccs4)n3)no2)c1. The molecule has 0 amide bonds. The van der Waals surface area contributed by atoms with E-state index < -0.39 is 0 Å². The standard InChI is InChI=1S/C14H10N4O2S2/c1-3-10(19-5-1)11-7-9(18-20-11)8-22-14-15-13(16-17-14)12-4-2-6-21-12/h1-7H,8H2,(H,15,16,17). The van der Waals surface area contributed by atoms with E-state index in [0.29, 0.717) is 22.4 Å². The second kappa shape index (κ2) is 5.82. The third kappa shape index (κ3) is 2.70. The Morgan fingerprint density at radius 1 is 1.23 bits per heavy atom. The van der Waals surface area contributed by atoms with Gasteiger partial charge in [-0.3, -0.25) is 5.10 Å². The lowest BCUT2D eigenvalue weighted by Crippen LogP contribution is -1.81. The van der Waals surface area contributed by atoms with Crippen molar-refractivity contribution in [2.24, 2.45) is 0 Å². The highest BCUT2D eigenvalue weighted by molar-refractivity contribution is 7.98. The molecule has 0 bridgehead atoms. The molecule has 0 atom stereocenters.